The van der Waals surface area contributed by atoms with Crippen LogP contribution in [0.3, 0.4) is 0 Å². The molecule has 1 aromatic heterocycles. The molecule has 2 aromatic rings. The van der Waals surface area contributed by atoms with E-state index in [0.717, 1.165) is 0 Å². The smallest absolute Gasteiger partial charge is 0.284 e. The highest BCUT2D eigenvalue weighted by molar-refractivity contribution is 7.71. The fourth-order valence-corrected chi connectivity index (χ4v) is 1.47. The zero-order valence-corrected chi connectivity index (χ0v) is 9.35. The van der Waals surface area contributed by atoms with Crippen LogP contribution in [0, 0.1) is 4.84 Å². The van der Waals surface area contributed by atoms with Crippen LogP contribution in [0.2, 0.25) is 5.02 Å². The second-order valence-electron chi connectivity index (χ2n) is 2.76. The summed E-state index contributed by atoms with van der Waals surface area (Å²) in [5.41, 5.74) is 0.703. The molecule has 15 heavy (non-hydrogen) atoms. The zero-order chi connectivity index (χ0) is 10.8. The Kier molecular flexibility index (Phi) is 2.75. The number of methoxy groups -OCH3 is 1. The van der Waals surface area contributed by atoms with E-state index in [1.807, 2.05) is 0 Å². The molecule has 1 aromatic carbocycles. The zero-order valence-electron chi connectivity index (χ0n) is 7.78. The maximum Gasteiger partial charge on any atom is 0.284 e. The maximum atomic E-state index is 5.83. The van der Waals surface area contributed by atoms with Crippen LogP contribution in [0.4, 0.5) is 0 Å². The number of aromatic nitrogens is 2. The number of aromatic amines is 1. The standard InChI is InChI=1S/C9H7ClN2O2S/c1-13-7-4-5(10)2-3-6(7)8-11-12-9(15)14-8/h2-4H,1H3,(H,12,15). The van der Waals surface area contributed by atoms with Crippen molar-refractivity contribution in [2.75, 3.05) is 7.11 Å². The third-order valence-corrected chi connectivity index (χ3v) is 2.24. The van der Waals surface area contributed by atoms with E-state index in [4.69, 9.17) is 33.0 Å². The van der Waals surface area contributed by atoms with Crippen LogP contribution in [0.15, 0.2) is 22.6 Å². The first-order valence-electron chi connectivity index (χ1n) is 4.10. The van der Waals surface area contributed by atoms with E-state index in [0.29, 0.717) is 22.2 Å². The predicted molar refractivity (Wildman–Crippen MR) is 58.7 cm³/mol. The van der Waals surface area contributed by atoms with Gasteiger partial charge in [0.2, 0.25) is 5.89 Å². The van der Waals surface area contributed by atoms with Gasteiger partial charge in [-0.05, 0) is 30.4 Å². The normalized spacial score (nSPS) is 10.3. The molecule has 1 N–H and O–H groups in total. The largest absolute Gasteiger partial charge is 0.496 e. The third kappa shape index (κ3) is 2.03. The lowest BCUT2D eigenvalue weighted by Gasteiger charge is -2.04. The molecule has 0 aliphatic heterocycles. The van der Waals surface area contributed by atoms with Gasteiger partial charge in [0.1, 0.15) is 5.75 Å². The number of rotatable bonds is 2. The molecule has 2 rings (SSSR count). The average Bonchev–Trinajstić information content (AvgIpc) is 2.64. The number of benzene rings is 1. The molecule has 1 heterocycles. The molecule has 6 heteroatoms. The highest BCUT2D eigenvalue weighted by atomic mass is 35.5. The quantitative estimate of drug-likeness (QED) is 0.823. The first kappa shape index (κ1) is 10.2. The summed E-state index contributed by atoms with van der Waals surface area (Å²) in [6.45, 7) is 0. The number of hydrogen-bond donors (Lipinski definition) is 1. The first-order valence-corrected chi connectivity index (χ1v) is 4.89. The summed E-state index contributed by atoms with van der Waals surface area (Å²) in [6, 6.07) is 5.17. The fourth-order valence-electron chi connectivity index (χ4n) is 1.19. The molecule has 0 aliphatic carbocycles. The molecule has 0 unspecified atom stereocenters. The summed E-state index contributed by atoms with van der Waals surface area (Å²) in [4.78, 5) is 0.224. The van der Waals surface area contributed by atoms with Crippen molar-refractivity contribution in [3.63, 3.8) is 0 Å². The van der Waals surface area contributed by atoms with Gasteiger partial charge in [0, 0.05) is 5.02 Å². The Morgan fingerprint density at radius 3 is 2.93 bits per heavy atom. The van der Waals surface area contributed by atoms with E-state index in [9.17, 15) is 0 Å². The Labute approximate surface area is 95.8 Å². The molecular formula is C9H7ClN2O2S. The van der Waals surface area contributed by atoms with Gasteiger partial charge in [-0.2, -0.15) is 0 Å². The minimum atomic E-state index is 0.224. The number of ether oxygens (including phenoxy) is 1. The second-order valence-corrected chi connectivity index (χ2v) is 3.57. The Morgan fingerprint density at radius 1 is 1.53 bits per heavy atom. The third-order valence-electron chi connectivity index (χ3n) is 1.83. The van der Waals surface area contributed by atoms with Gasteiger partial charge >= 0.3 is 0 Å². The van der Waals surface area contributed by atoms with Gasteiger partial charge in [-0.1, -0.05) is 11.6 Å². The van der Waals surface area contributed by atoms with Gasteiger partial charge in [0.25, 0.3) is 4.84 Å². The van der Waals surface area contributed by atoms with Crippen molar-refractivity contribution < 1.29 is 9.15 Å². The Bertz CT molecular complexity index is 535. The van der Waals surface area contributed by atoms with Crippen molar-refractivity contribution in [2.45, 2.75) is 0 Å². The number of nitrogens with zero attached hydrogens (tertiary/aromatic N) is 1. The number of hydrogen-bond acceptors (Lipinski definition) is 4. The number of halogens is 1. The molecule has 0 amide bonds. The van der Waals surface area contributed by atoms with Gasteiger partial charge < -0.3 is 9.15 Å². The van der Waals surface area contributed by atoms with Gasteiger partial charge in [-0.3, -0.25) is 0 Å². The molecule has 0 bridgehead atoms. The van der Waals surface area contributed by atoms with Crippen LogP contribution in [-0.2, 0) is 0 Å². The summed E-state index contributed by atoms with van der Waals surface area (Å²) in [5.74, 6) is 0.973. The highest BCUT2D eigenvalue weighted by Gasteiger charge is 2.10. The maximum absolute atomic E-state index is 5.83. The number of nitrogens with one attached hydrogen (secondary N) is 1. The molecule has 0 spiro atoms. The molecule has 0 saturated heterocycles. The van der Waals surface area contributed by atoms with Crippen LogP contribution in [0.1, 0.15) is 0 Å². The monoisotopic (exact) mass is 242 g/mol. The second kappa shape index (κ2) is 4.04. The molecule has 0 aliphatic rings. The predicted octanol–water partition coefficient (Wildman–Crippen LogP) is 3.06. The van der Waals surface area contributed by atoms with Gasteiger partial charge in [-0.25, -0.2) is 5.10 Å². The van der Waals surface area contributed by atoms with Crippen molar-refractivity contribution in [3.05, 3.63) is 28.1 Å². The minimum Gasteiger partial charge on any atom is -0.496 e. The van der Waals surface area contributed by atoms with Crippen LogP contribution in [-0.4, -0.2) is 17.3 Å². The van der Waals surface area contributed by atoms with Crippen molar-refractivity contribution in [3.8, 4) is 17.2 Å². The van der Waals surface area contributed by atoms with Gasteiger partial charge in [-0.15, -0.1) is 5.10 Å². The Balaban J connectivity index is 2.57. The lowest BCUT2D eigenvalue weighted by Crippen LogP contribution is -1.87. The average molecular weight is 243 g/mol. The summed E-state index contributed by atoms with van der Waals surface area (Å²) in [5, 5.41) is 7.04. The number of H-pyrrole nitrogens is 1. The summed E-state index contributed by atoms with van der Waals surface area (Å²) < 4.78 is 10.3. The van der Waals surface area contributed by atoms with Crippen LogP contribution < -0.4 is 4.74 Å². The molecule has 0 saturated carbocycles. The van der Waals surface area contributed by atoms with E-state index in [1.165, 1.54) is 0 Å². The van der Waals surface area contributed by atoms with Crippen LogP contribution in [0.25, 0.3) is 11.5 Å². The molecular weight excluding hydrogens is 236 g/mol. The summed E-state index contributed by atoms with van der Waals surface area (Å²) in [7, 11) is 1.55. The van der Waals surface area contributed by atoms with E-state index in [2.05, 4.69) is 10.2 Å². The molecule has 4 nitrogen and oxygen atoms in total. The first-order chi connectivity index (χ1) is 7.20. The minimum absolute atomic E-state index is 0.224. The molecule has 0 radical (unpaired) electrons. The summed E-state index contributed by atoms with van der Waals surface area (Å²) in [6.07, 6.45) is 0. The lowest BCUT2D eigenvalue weighted by molar-refractivity contribution is 0.414. The van der Waals surface area contributed by atoms with E-state index in [-0.39, 0.29) is 4.84 Å². The molecule has 0 atom stereocenters. The van der Waals surface area contributed by atoms with E-state index in [1.54, 1.807) is 25.3 Å². The topological polar surface area (TPSA) is 51.0 Å². The van der Waals surface area contributed by atoms with E-state index < -0.39 is 0 Å². The molecule has 0 fully saturated rings. The van der Waals surface area contributed by atoms with Gasteiger partial charge in [0.05, 0.1) is 12.7 Å². The van der Waals surface area contributed by atoms with Crippen LogP contribution >= 0.6 is 23.8 Å². The lowest BCUT2D eigenvalue weighted by atomic mass is 10.2. The van der Waals surface area contributed by atoms with Crippen molar-refractivity contribution in [1.82, 2.24) is 10.2 Å². The summed E-state index contributed by atoms with van der Waals surface area (Å²) >= 11 is 10.6. The van der Waals surface area contributed by atoms with Gasteiger partial charge in [0.15, 0.2) is 0 Å². The Morgan fingerprint density at radius 2 is 2.33 bits per heavy atom. The van der Waals surface area contributed by atoms with Crippen molar-refractivity contribution in [2.24, 2.45) is 0 Å². The Hall–Kier alpha value is -1.33. The van der Waals surface area contributed by atoms with E-state index >= 15 is 0 Å². The SMILES string of the molecule is COc1cc(Cl)ccc1-c1n[nH]c(=S)o1. The molecule has 78 valence electrons. The van der Waals surface area contributed by atoms with Crippen molar-refractivity contribution >= 4 is 23.8 Å². The van der Waals surface area contributed by atoms with Crippen molar-refractivity contribution in [1.29, 1.82) is 0 Å². The fraction of sp³-hybridized carbons (Fsp3) is 0.111. The highest BCUT2D eigenvalue weighted by Crippen LogP contribution is 2.30. The van der Waals surface area contributed by atoms with Crippen LogP contribution in [0.5, 0.6) is 5.75 Å².